The van der Waals surface area contributed by atoms with Crippen LogP contribution in [0, 0.1) is 5.41 Å². The normalized spacial score (nSPS) is 11.2. The summed E-state index contributed by atoms with van der Waals surface area (Å²) >= 11 is 5.96. The van der Waals surface area contributed by atoms with E-state index in [4.69, 9.17) is 21.1 Å². The molecule has 0 radical (unpaired) electrons. The molecule has 7 heteroatoms. The van der Waals surface area contributed by atoms with Gasteiger partial charge in [0.15, 0.2) is 17.1 Å². The van der Waals surface area contributed by atoms with Crippen molar-refractivity contribution < 1.29 is 19.1 Å². The smallest absolute Gasteiger partial charge is 0.336 e. The second-order valence-corrected chi connectivity index (χ2v) is 13.9. The van der Waals surface area contributed by atoms with Gasteiger partial charge >= 0.3 is 5.97 Å². The van der Waals surface area contributed by atoms with Crippen molar-refractivity contribution in [1.29, 1.82) is 0 Å². The summed E-state index contributed by atoms with van der Waals surface area (Å²) in [6.45, 7) is 32.5. The maximum Gasteiger partial charge on any atom is 0.336 e. The molecule has 0 amide bonds. The van der Waals surface area contributed by atoms with Crippen LogP contribution in [0.2, 0.25) is 5.02 Å². The SMILES string of the molecule is C=C(C=N/C=C(/C)CC)C(=O)O.CC.CC(=O)c1cc2nc(-c3ccc(Cl)cc3)cc(C(C)(C)C)c2o1.CCCC.CCCC(C)(C)C. The van der Waals surface area contributed by atoms with Crippen molar-refractivity contribution in [3.63, 3.8) is 0 Å². The number of fused-ring (bicyclic) bond motifs is 1. The van der Waals surface area contributed by atoms with Gasteiger partial charge in [0.05, 0.1) is 11.3 Å². The van der Waals surface area contributed by atoms with Crippen molar-refractivity contribution >= 4 is 40.7 Å². The topological polar surface area (TPSA) is 92.8 Å². The Morgan fingerprint density at radius 3 is 1.85 bits per heavy atom. The van der Waals surface area contributed by atoms with E-state index < -0.39 is 5.97 Å². The average molecular weight is 683 g/mol. The van der Waals surface area contributed by atoms with Crippen LogP contribution in [-0.4, -0.2) is 28.1 Å². The number of halogens is 1. The maximum absolute atomic E-state index is 11.6. The number of hydrogen-bond acceptors (Lipinski definition) is 5. The monoisotopic (exact) mass is 682 g/mol. The van der Waals surface area contributed by atoms with Crippen LogP contribution in [0.3, 0.4) is 0 Å². The van der Waals surface area contributed by atoms with E-state index >= 15 is 0 Å². The van der Waals surface area contributed by atoms with Crippen LogP contribution in [0.1, 0.15) is 145 Å². The molecule has 268 valence electrons. The summed E-state index contributed by atoms with van der Waals surface area (Å²) in [7, 11) is 0. The number of pyridine rings is 1. The number of hydrogen-bond donors (Lipinski definition) is 1. The van der Waals surface area contributed by atoms with E-state index in [1.54, 1.807) is 12.3 Å². The van der Waals surface area contributed by atoms with Gasteiger partial charge in [-0.3, -0.25) is 9.79 Å². The van der Waals surface area contributed by atoms with Gasteiger partial charge in [-0.15, -0.1) is 0 Å². The highest BCUT2D eigenvalue weighted by molar-refractivity contribution is 6.30. The fourth-order valence-corrected chi connectivity index (χ4v) is 3.80. The van der Waals surface area contributed by atoms with E-state index in [1.807, 2.05) is 58.0 Å². The first-order chi connectivity index (χ1) is 22.3. The first-order valence-corrected chi connectivity index (χ1v) is 17.5. The summed E-state index contributed by atoms with van der Waals surface area (Å²) in [6, 6.07) is 11.3. The van der Waals surface area contributed by atoms with Gasteiger partial charge in [-0.2, -0.15) is 0 Å². The molecule has 0 fully saturated rings. The van der Waals surface area contributed by atoms with Gasteiger partial charge in [-0.1, -0.05) is 138 Å². The lowest BCUT2D eigenvalue weighted by Gasteiger charge is -2.20. The van der Waals surface area contributed by atoms with Crippen molar-refractivity contribution in [3.05, 3.63) is 76.7 Å². The van der Waals surface area contributed by atoms with Crippen LogP contribution in [0.25, 0.3) is 22.4 Å². The predicted octanol–water partition coefficient (Wildman–Crippen LogP) is 13.3. The van der Waals surface area contributed by atoms with E-state index in [-0.39, 0.29) is 16.8 Å². The molecule has 48 heavy (non-hydrogen) atoms. The average Bonchev–Trinajstić information content (AvgIpc) is 3.46. The highest BCUT2D eigenvalue weighted by Gasteiger charge is 2.23. The molecule has 0 aliphatic rings. The van der Waals surface area contributed by atoms with Crippen LogP contribution in [0.4, 0.5) is 0 Å². The van der Waals surface area contributed by atoms with Crippen molar-refractivity contribution in [2.75, 3.05) is 0 Å². The van der Waals surface area contributed by atoms with Gasteiger partial charge in [0, 0.05) is 41.6 Å². The second kappa shape index (κ2) is 23.8. The first kappa shape index (κ1) is 46.6. The molecule has 3 rings (SSSR count). The third kappa shape index (κ3) is 19.3. The molecule has 6 nitrogen and oxygen atoms in total. The predicted molar refractivity (Wildman–Crippen MR) is 209 cm³/mol. The minimum Gasteiger partial charge on any atom is -0.478 e. The minimum atomic E-state index is -1.04. The number of allylic oxidation sites excluding steroid dienone is 1. The summed E-state index contributed by atoms with van der Waals surface area (Å²) in [5, 5.41) is 9.08. The van der Waals surface area contributed by atoms with Crippen molar-refractivity contribution in [2.45, 2.75) is 134 Å². The number of nitrogens with zero attached hydrogens (tertiary/aromatic N) is 2. The van der Waals surface area contributed by atoms with Crippen molar-refractivity contribution in [2.24, 2.45) is 10.4 Å². The first-order valence-electron chi connectivity index (χ1n) is 17.1. The number of benzene rings is 1. The number of carboxylic acid groups (broad SMARTS) is 1. The van der Waals surface area contributed by atoms with Crippen LogP contribution in [0.5, 0.6) is 0 Å². The molecule has 0 atom stereocenters. The number of aliphatic imine (C=N–C) groups is 1. The number of furan rings is 1. The Bertz CT molecular complexity index is 1450. The third-order valence-corrected chi connectivity index (χ3v) is 6.88. The lowest BCUT2D eigenvalue weighted by molar-refractivity contribution is -0.131. The molecule has 0 bridgehead atoms. The van der Waals surface area contributed by atoms with Crippen LogP contribution < -0.4 is 0 Å². The molecule has 0 aliphatic carbocycles. The van der Waals surface area contributed by atoms with E-state index in [9.17, 15) is 9.59 Å². The lowest BCUT2D eigenvalue weighted by atomic mass is 9.86. The van der Waals surface area contributed by atoms with Gasteiger partial charge < -0.3 is 9.52 Å². The quantitative estimate of drug-likeness (QED) is 0.145. The summed E-state index contributed by atoms with van der Waals surface area (Å²) < 4.78 is 5.76. The molecule has 0 spiro atoms. The molecule has 0 saturated carbocycles. The van der Waals surface area contributed by atoms with Crippen molar-refractivity contribution in [1.82, 2.24) is 4.98 Å². The molecule has 2 heterocycles. The van der Waals surface area contributed by atoms with E-state index in [0.717, 1.165) is 28.8 Å². The molecular weight excluding hydrogens is 620 g/mol. The molecular formula is C41H63ClN2O4. The maximum atomic E-state index is 11.6. The molecule has 2 aromatic heterocycles. The third-order valence-electron chi connectivity index (χ3n) is 6.63. The fraction of sp³-hybridized carbons (Fsp3) is 0.512. The van der Waals surface area contributed by atoms with Gasteiger partial charge in [0.25, 0.3) is 0 Å². The van der Waals surface area contributed by atoms with E-state index in [2.05, 4.69) is 78.9 Å². The number of Topliss-reactive ketones (excluding diaryl/α,β-unsaturated/α-hetero) is 1. The van der Waals surface area contributed by atoms with E-state index in [0.29, 0.717) is 27.3 Å². The van der Waals surface area contributed by atoms with E-state index in [1.165, 1.54) is 38.8 Å². The Morgan fingerprint density at radius 2 is 1.48 bits per heavy atom. The zero-order valence-electron chi connectivity index (χ0n) is 32.3. The standard InChI is InChI=1S/C19H18ClNO2.C9H13NO2.C7H16.C4H10.C2H6/c1-11(22)17-10-16-18(23-17)14(19(2,3)4)9-15(21-16)12-5-7-13(20)8-6-12;1-4-7(2)5-10-6-8(3)9(11)12;1-5-6-7(2,3)4;1-3-4-2;1-2/h5-10H,1-4H3;5-6H,3-4H2,1-2H3,(H,11,12);5-6H2,1-4H3;3-4H2,1-2H3;1-2H3/b;7-5-,10-6?;;;. The van der Waals surface area contributed by atoms with Gasteiger partial charge in [0.1, 0.15) is 5.52 Å². The number of ketones is 1. The highest BCUT2D eigenvalue weighted by Crippen LogP contribution is 2.34. The fourth-order valence-electron chi connectivity index (χ4n) is 3.67. The number of aliphatic carboxylic acids is 1. The Labute approximate surface area is 296 Å². The number of unbranched alkanes of at least 4 members (excludes halogenated alkanes) is 1. The summed E-state index contributed by atoms with van der Waals surface area (Å²) in [6.07, 6.45) is 9.07. The molecule has 1 N–H and O–H groups in total. The second-order valence-electron chi connectivity index (χ2n) is 13.4. The molecule has 3 aromatic rings. The number of carbonyl (C=O) groups excluding carboxylic acids is 1. The number of aromatic nitrogens is 1. The largest absolute Gasteiger partial charge is 0.478 e. The van der Waals surface area contributed by atoms with Crippen LogP contribution >= 0.6 is 11.6 Å². The number of carboxylic acids is 1. The molecule has 1 aromatic carbocycles. The summed E-state index contributed by atoms with van der Waals surface area (Å²) in [5.41, 5.74) is 5.75. The number of rotatable bonds is 8. The Morgan fingerprint density at radius 1 is 0.938 bits per heavy atom. The molecule has 0 saturated heterocycles. The van der Waals surface area contributed by atoms with Crippen LogP contribution in [0.15, 0.2) is 69.7 Å². The minimum absolute atomic E-state index is 0.00449. The van der Waals surface area contributed by atoms with Gasteiger partial charge in [-0.05, 0) is 48.8 Å². The zero-order chi connectivity index (χ0) is 37.7. The zero-order valence-corrected chi connectivity index (χ0v) is 33.1. The molecule has 0 aliphatic heterocycles. The Balaban J connectivity index is 0. The van der Waals surface area contributed by atoms with Crippen LogP contribution in [-0.2, 0) is 10.2 Å². The lowest BCUT2D eigenvalue weighted by Crippen LogP contribution is -2.12. The summed E-state index contributed by atoms with van der Waals surface area (Å²) in [5.74, 6) is -0.802. The Kier molecular flexibility index (Phi) is 23.1. The van der Waals surface area contributed by atoms with Crippen molar-refractivity contribution in [3.8, 4) is 11.3 Å². The highest BCUT2D eigenvalue weighted by atomic mass is 35.5. The van der Waals surface area contributed by atoms with Gasteiger partial charge in [-0.25, -0.2) is 9.78 Å². The summed E-state index contributed by atoms with van der Waals surface area (Å²) in [4.78, 5) is 30.3. The molecule has 0 unspecified atom stereocenters. The van der Waals surface area contributed by atoms with Gasteiger partial charge in [0.2, 0.25) is 0 Å². The Hall–Kier alpha value is -3.51. The number of carbonyl (C=O) groups is 2.